The Morgan fingerprint density at radius 2 is 2.08 bits per heavy atom. The van der Waals surface area contributed by atoms with E-state index in [4.69, 9.17) is 4.42 Å². The molecule has 1 aromatic rings. The molecule has 0 spiro atoms. The highest BCUT2D eigenvalue weighted by atomic mass is 16.4. The van der Waals surface area contributed by atoms with Gasteiger partial charge >= 0.3 is 0 Å². The second kappa shape index (κ2) is 4.04. The van der Waals surface area contributed by atoms with Crippen LogP contribution in [0.25, 0.3) is 0 Å². The van der Waals surface area contributed by atoms with Gasteiger partial charge in [-0.05, 0) is 5.92 Å². The summed E-state index contributed by atoms with van der Waals surface area (Å²) in [4.78, 5) is 0. The lowest BCUT2D eigenvalue weighted by atomic mass is 10.1. The molecule has 0 bridgehead atoms. The van der Waals surface area contributed by atoms with Crippen molar-refractivity contribution in [3.8, 4) is 0 Å². The largest absolute Gasteiger partial charge is 0.425 e. The van der Waals surface area contributed by atoms with E-state index < -0.39 is 0 Å². The van der Waals surface area contributed by atoms with Crippen LogP contribution in [0.2, 0.25) is 0 Å². The summed E-state index contributed by atoms with van der Waals surface area (Å²) in [6.45, 7) is 7.84. The van der Waals surface area contributed by atoms with Crippen LogP contribution < -0.4 is 0 Å². The summed E-state index contributed by atoms with van der Waals surface area (Å²) in [6, 6.07) is 0. The molecular formula is C9H14N2O. The van der Waals surface area contributed by atoms with Gasteiger partial charge in [-0.3, -0.25) is 0 Å². The summed E-state index contributed by atoms with van der Waals surface area (Å²) in [5, 5.41) is 7.78. The zero-order valence-corrected chi connectivity index (χ0v) is 7.58. The van der Waals surface area contributed by atoms with E-state index in [2.05, 4.69) is 30.6 Å². The lowest BCUT2D eigenvalue weighted by Gasteiger charge is -1.96. The van der Waals surface area contributed by atoms with Gasteiger partial charge in [-0.25, -0.2) is 0 Å². The molecule has 1 aromatic heterocycles. The number of nitrogens with zero attached hydrogens (tertiary/aromatic N) is 2. The summed E-state index contributed by atoms with van der Waals surface area (Å²) >= 11 is 0. The monoisotopic (exact) mass is 166 g/mol. The molecular weight excluding hydrogens is 152 g/mol. The van der Waals surface area contributed by atoms with E-state index in [0.717, 1.165) is 12.3 Å². The van der Waals surface area contributed by atoms with E-state index in [1.165, 1.54) is 0 Å². The third kappa shape index (κ3) is 2.49. The fourth-order valence-electron chi connectivity index (χ4n) is 0.926. The van der Waals surface area contributed by atoms with Crippen LogP contribution in [0.3, 0.4) is 0 Å². The second-order valence-corrected chi connectivity index (χ2v) is 3.18. The van der Waals surface area contributed by atoms with Gasteiger partial charge in [0.15, 0.2) is 0 Å². The molecule has 3 nitrogen and oxygen atoms in total. The number of hydrogen-bond acceptors (Lipinski definition) is 3. The predicted octanol–water partition coefficient (Wildman–Crippen LogP) is 2.00. The highest BCUT2D eigenvalue weighted by molar-refractivity contribution is 4.88. The summed E-state index contributed by atoms with van der Waals surface area (Å²) in [6.07, 6.45) is 3.27. The van der Waals surface area contributed by atoms with Crippen molar-refractivity contribution >= 4 is 0 Å². The highest BCUT2D eigenvalue weighted by Crippen LogP contribution is 2.06. The van der Waals surface area contributed by atoms with Crippen LogP contribution in [0.4, 0.5) is 0 Å². The Balaban J connectivity index is 2.57. The average molecular weight is 166 g/mol. The second-order valence-electron chi connectivity index (χ2n) is 3.18. The van der Waals surface area contributed by atoms with Crippen molar-refractivity contribution in [2.75, 3.05) is 0 Å². The minimum absolute atomic E-state index is 0.557. The van der Waals surface area contributed by atoms with Gasteiger partial charge in [-0.1, -0.05) is 19.9 Å². The Labute approximate surface area is 72.5 Å². The van der Waals surface area contributed by atoms with Crippen LogP contribution in [0, 0.1) is 5.92 Å². The Morgan fingerprint density at radius 1 is 1.42 bits per heavy atom. The topological polar surface area (TPSA) is 38.9 Å². The first kappa shape index (κ1) is 8.97. The van der Waals surface area contributed by atoms with Crippen molar-refractivity contribution in [2.45, 2.75) is 26.7 Å². The molecule has 1 rings (SSSR count). The lowest BCUT2D eigenvalue weighted by Crippen LogP contribution is -1.93. The minimum atomic E-state index is 0.557. The molecule has 0 aliphatic carbocycles. The van der Waals surface area contributed by atoms with Crippen molar-refractivity contribution in [2.24, 2.45) is 5.92 Å². The molecule has 0 saturated heterocycles. The van der Waals surface area contributed by atoms with Crippen molar-refractivity contribution in [1.82, 2.24) is 10.2 Å². The Bertz CT molecular complexity index is 253. The number of hydrogen-bond donors (Lipinski definition) is 0. The summed E-state index contributed by atoms with van der Waals surface area (Å²) in [5.74, 6) is 1.93. The molecule has 0 radical (unpaired) electrons. The fraction of sp³-hybridized carbons (Fsp3) is 0.556. The first-order chi connectivity index (χ1) is 5.72. The predicted molar refractivity (Wildman–Crippen MR) is 46.7 cm³/mol. The quantitative estimate of drug-likeness (QED) is 0.642. The van der Waals surface area contributed by atoms with E-state index in [0.29, 0.717) is 18.2 Å². The summed E-state index contributed by atoms with van der Waals surface area (Å²) in [7, 11) is 0. The maximum atomic E-state index is 5.34. The minimum Gasteiger partial charge on any atom is -0.425 e. The molecule has 0 aliphatic rings. The van der Waals surface area contributed by atoms with E-state index in [9.17, 15) is 0 Å². The van der Waals surface area contributed by atoms with E-state index >= 15 is 0 Å². The normalized spacial score (nSPS) is 10.6. The number of aromatic nitrogens is 2. The van der Waals surface area contributed by atoms with Crippen LogP contribution in [0.1, 0.15) is 25.6 Å². The molecule has 0 amide bonds. The molecule has 0 saturated carbocycles. The van der Waals surface area contributed by atoms with Crippen LogP contribution in [-0.4, -0.2) is 10.2 Å². The SMILES string of the molecule is C=CCc1nnc(CC(C)C)o1. The van der Waals surface area contributed by atoms with Gasteiger partial charge in [0.2, 0.25) is 11.8 Å². The molecule has 0 aliphatic heterocycles. The summed E-state index contributed by atoms with van der Waals surface area (Å²) in [5.41, 5.74) is 0. The fourth-order valence-corrected chi connectivity index (χ4v) is 0.926. The van der Waals surface area contributed by atoms with Gasteiger partial charge < -0.3 is 4.42 Å². The van der Waals surface area contributed by atoms with Crippen LogP contribution in [0.15, 0.2) is 17.1 Å². The van der Waals surface area contributed by atoms with Crippen molar-refractivity contribution < 1.29 is 4.42 Å². The number of allylic oxidation sites excluding steroid dienone is 1. The van der Waals surface area contributed by atoms with Crippen molar-refractivity contribution in [3.05, 3.63) is 24.4 Å². The zero-order valence-electron chi connectivity index (χ0n) is 7.58. The smallest absolute Gasteiger partial charge is 0.220 e. The molecule has 0 atom stereocenters. The van der Waals surface area contributed by atoms with Crippen LogP contribution >= 0.6 is 0 Å². The Morgan fingerprint density at radius 3 is 2.67 bits per heavy atom. The molecule has 0 aromatic carbocycles. The maximum Gasteiger partial charge on any atom is 0.220 e. The maximum absolute atomic E-state index is 5.34. The van der Waals surface area contributed by atoms with Crippen molar-refractivity contribution in [3.63, 3.8) is 0 Å². The van der Waals surface area contributed by atoms with E-state index in [1.807, 2.05) is 0 Å². The van der Waals surface area contributed by atoms with Gasteiger partial charge in [0.05, 0.1) is 0 Å². The van der Waals surface area contributed by atoms with Gasteiger partial charge in [-0.2, -0.15) is 0 Å². The third-order valence-corrected chi connectivity index (χ3v) is 1.41. The molecule has 0 unspecified atom stereocenters. The first-order valence-electron chi connectivity index (χ1n) is 4.14. The molecule has 66 valence electrons. The van der Waals surface area contributed by atoms with Gasteiger partial charge in [0.1, 0.15) is 0 Å². The third-order valence-electron chi connectivity index (χ3n) is 1.41. The molecule has 12 heavy (non-hydrogen) atoms. The molecule has 0 fully saturated rings. The summed E-state index contributed by atoms with van der Waals surface area (Å²) < 4.78 is 5.34. The molecule has 1 heterocycles. The van der Waals surface area contributed by atoms with E-state index in [-0.39, 0.29) is 0 Å². The standard InChI is InChI=1S/C9H14N2O/c1-4-5-8-10-11-9(12-8)6-7(2)3/h4,7H,1,5-6H2,2-3H3. The number of rotatable bonds is 4. The van der Waals surface area contributed by atoms with Gasteiger partial charge in [0.25, 0.3) is 0 Å². The van der Waals surface area contributed by atoms with Crippen LogP contribution in [0.5, 0.6) is 0 Å². The van der Waals surface area contributed by atoms with E-state index in [1.54, 1.807) is 6.08 Å². The van der Waals surface area contributed by atoms with Crippen molar-refractivity contribution in [1.29, 1.82) is 0 Å². The molecule has 3 heteroatoms. The Hall–Kier alpha value is -1.12. The van der Waals surface area contributed by atoms with Gasteiger partial charge in [0, 0.05) is 12.8 Å². The zero-order chi connectivity index (χ0) is 8.97. The average Bonchev–Trinajstić information content (AvgIpc) is 2.36. The first-order valence-corrected chi connectivity index (χ1v) is 4.14. The van der Waals surface area contributed by atoms with Crippen LogP contribution in [-0.2, 0) is 12.8 Å². The lowest BCUT2D eigenvalue weighted by molar-refractivity contribution is 0.432. The molecule has 0 N–H and O–H groups in total. The Kier molecular flexibility index (Phi) is 3.02. The van der Waals surface area contributed by atoms with Gasteiger partial charge in [-0.15, -0.1) is 16.8 Å². The highest BCUT2D eigenvalue weighted by Gasteiger charge is 2.05.